The second-order valence-electron chi connectivity index (χ2n) is 5.65. The fraction of sp³-hybridized carbons (Fsp3) is 0.471. The van der Waals surface area contributed by atoms with Gasteiger partial charge in [0, 0.05) is 37.7 Å². The molecule has 126 valence electrons. The first kappa shape index (κ1) is 17.9. The van der Waals surface area contributed by atoms with Gasteiger partial charge in [-0.2, -0.15) is 0 Å². The minimum Gasteiger partial charge on any atom is -0.361 e. The van der Waals surface area contributed by atoms with Crippen molar-refractivity contribution >= 4 is 24.3 Å². The molecule has 0 amide bonds. The first-order chi connectivity index (χ1) is 11.0. The van der Waals surface area contributed by atoms with E-state index >= 15 is 0 Å². The summed E-state index contributed by atoms with van der Waals surface area (Å²) in [4.78, 5) is 15.6. The molecule has 1 N–H and O–H groups in total. The van der Waals surface area contributed by atoms with Crippen LogP contribution in [0.5, 0.6) is 0 Å². The van der Waals surface area contributed by atoms with Crippen molar-refractivity contribution in [2.24, 2.45) is 0 Å². The van der Waals surface area contributed by atoms with E-state index in [2.05, 4.69) is 18.0 Å². The molecule has 0 aliphatic heterocycles. The van der Waals surface area contributed by atoms with E-state index in [1.54, 1.807) is 0 Å². The molecule has 0 radical (unpaired) electrons. The summed E-state index contributed by atoms with van der Waals surface area (Å²) >= 11 is 0. The summed E-state index contributed by atoms with van der Waals surface area (Å²) in [5.74, 6) is 0.00609. The maximum Gasteiger partial charge on any atom is 0.337 e. The van der Waals surface area contributed by atoms with E-state index < -0.39 is 7.60 Å². The van der Waals surface area contributed by atoms with Crippen LogP contribution in [0.3, 0.4) is 0 Å². The Morgan fingerprint density at radius 3 is 2.61 bits per heavy atom. The Bertz CT molecular complexity index is 701. The van der Waals surface area contributed by atoms with Crippen LogP contribution in [0.15, 0.2) is 30.5 Å². The molecule has 2 aromatic rings. The van der Waals surface area contributed by atoms with Crippen LogP contribution in [0.4, 0.5) is 0 Å². The number of carbonyl (C=O) groups excluding carboxylic acids is 1. The van der Waals surface area contributed by atoms with Crippen LogP contribution in [0, 0.1) is 0 Å². The van der Waals surface area contributed by atoms with Crippen LogP contribution in [0.2, 0.25) is 0 Å². The summed E-state index contributed by atoms with van der Waals surface area (Å²) in [5, 5.41) is 1.14. The third-order valence-electron chi connectivity index (χ3n) is 4.10. The summed E-state index contributed by atoms with van der Waals surface area (Å²) in [6, 6.07) is 8.06. The number of aromatic amines is 1. The zero-order valence-electron chi connectivity index (χ0n) is 13.9. The quantitative estimate of drug-likeness (QED) is 0.684. The van der Waals surface area contributed by atoms with Gasteiger partial charge in [-0.15, -0.1) is 0 Å². The largest absolute Gasteiger partial charge is 0.361 e. The number of nitrogens with one attached hydrogen (secondary N) is 1. The smallest absolute Gasteiger partial charge is 0.337 e. The summed E-state index contributed by atoms with van der Waals surface area (Å²) in [6.07, 6.45) is 4.01. The first-order valence-corrected chi connectivity index (χ1v) is 9.54. The number of carbonyl (C=O) groups is 1. The van der Waals surface area contributed by atoms with Gasteiger partial charge in [-0.25, -0.2) is 0 Å². The highest BCUT2D eigenvalue weighted by Gasteiger charge is 2.27. The van der Waals surface area contributed by atoms with Crippen LogP contribution < -0.4 is 0 Å². The molecule has 0 bridgehead atoms. The van der Waals surface area contributed by atoms with Crippen molar-refractivity contribution in [3.8, 4) is 0 Å². The third-order valence-corrected chi connectivity index (χ3v) is 5.95. The van der Waals surface area contributed by atoms with Gasteiger partial charge in [0.15, 0.2) is 0 Å². The van der Waals surface area contributed by atoms with Crippen molar-refractivity contribution in [2.45, 2.75) is 32.1 Å². The van der Waals surface area contributed by atoms with Crippen molar-refractivity contribution < 1.29 is 18.4 Å². The first-order valence-electron chi connectivity index (χ1n) is 7.81. The Morgan fingerprint density at radius 2 is 1.96 bits per heavy atom. The molecule has 1 aromatic carbocycles. The normalized spacial score (nSPS) is 13.3. The van der Waals surface area contributed by atoms with E-state index in [-0.39, 0.29) is 17.9 Å². The zero-order chi connectivity index (χ0) is 16.9. The number of hydrogen-bond acceptors (Lipinski definition) is 4. The van der Waals surface area contributed by atoms with E-state index in [0.717, 1.165) is 29.3 Å². The maximum absolute atomic E-state index is 12.4. The zero-order valence-corrected chi connectivity index (χ0v) is 14.8. The predicted molar refractivity (Wildman–Crippen MR) is 92.1 cm³/mol. The van der Waals surface area contributed by atoms with Crippen LogP contribution >= 0.6 is 7.60 Å². The topological polar surface area (TPSA) is 68.4 Å². The molecule has 1 atom stereocenters. The van der Waals surface area contributed by atoms with Gasteiger partial charge >= 0.3 is 7.60 Å². The van der Waals surface area contributed by atoms with Crippen LogP contribution in [0.1, 0.15) is 37.7 Å². The molecular weight excluding hydrogens is 313 g/mol. The summed E-state index contributed by atoms with van der Waals surface area (Å²) < 4.78 is 21.9. The molecule has 0 saturated heterocycles. The van der Waals surface area contributed by atoms with E-state index in [4.69, 9.17) is 9.05 Å². The molecule has 23 heavy (non-hydrogen) atoms. The van der Waals surface area contributed by atoms with E-state index in [1.807, 2.05) is 24.4 Å². The SMILES string of the molecule is CCC[C@@H](CC(=O)CP(=O)(OC)OC)c1c[nH]c2ccccc12. The van der Waals surface area contributed by atoms with Gasteiger partial charge in [0.25, 0.3) is 0 Å². The Kier molecular flexibility index (Phi) is 6.17. The molecule has 0 unspecified atom stereocenters. The van der Waals surface area contributed by atoms with Gasteiger partial charge in [-0.3, -0.25) is 9.36 Å². The maximum atomic E-state index is 12.4. The average Bonchev–Trinajstić information content (AvgIpc) is 2.98. The highest BCUT2D eigenvalue weighted by atomic mass is 31.2. The van der Waals surface area contributed by atoms with Gasteiger partial charge < -0.3 is 14.0 Å². The van der Waals surface area contributed by atoms with Gasteiger partial charge in [0.2, 0.25) is 0 Å². The lowest BCUT2D eigenvalue weighted by Gasteiger charge is -2.17. The minimum absolute atomic E-state index is 0.0965. The highest BCUT2D eigenvalue weighted by molar-refractivity contribution is 7.54. The Labute approximate surface area is 136 Å². The minimum atomic E-state index is -3.29. The van der Waals surface area contributed by atoms with E-state index in [0.29, 0.717) is 6.42 Å². The molecule has 0 aliphatic rings. The van der Waals surface area contributed by atoms with Crippen LogP contribution in [-0.2, 0) is 18.4 Å². The van der Waals surface area contributed by atoms with Crippen molar-refractivity contribution in [2.75, 3.05) is 20.4 Å². The fourth-order valence-electron chi connectivity index (χ4n) is 2.91. The standard InChI is InChI=1S/C17H24NO4P/c1-4-7-13(10-14(19)12-23(20,21-2)22-3)16-11-18-17-9-6-5-8-15(16)17/h5-6,8-9,11,13,18H,4,7,10,12H2,1-3H3/t13-/m0/s1. The average molecular weight is 337 g/mol. The molecule has 1 heterocycles. The number of fused-ring (bicyclic) bond motifs is 1. The van der Waals surface area contributed by atoms with Gasteiger partial charge in [0.05, 0.1) is 0 Å². The lowest BCUT2D eigenvalue weighted by molar-refractivity contribution is -0.117. The number of benzene rings is 1. The van der Waals surface area contributed by atoms with E-state index in [9.17, 15) is 9.36 Å². The second-order valence-corrected chi connectivity index (χ2v) is 7.92. The molecule has 0 aliphatic carbocycles. The molecule has 2 rings (SSSR count). The van der Waals surface area contributed by atoms with Crippen molar-refractivity contribution in [1.29, 1.82) is 0 Å². The van der Waals surface area contributed by atoms with Gasteiger partial charge in [-0.05, 0) is 24.0 Å². The molecule has 0 fully saturated rings. The number of para-hydroxylation sites is 1. The molecule has 6 heteroatoms. The van der Waals surface area contributed by atoms with Gasteiger partial charge in [0.1, 0.15) is 11.9 Å². The Hall–Kier alpha value is -1.42. The highest BCUT2D eigenvalue weighted by Crippen LogP contribution is 2.46. The molecule has 5 nitrogen and oxygen atoms in total. The molecule has 1 aromatic heterocycles. The number of rotatable bonds is 9. The predicted octanol–water partition coefficient (Wildman–Crippen LogP) is 4.50. The summed E-state index contributed by atoms with van der Waals surface area (Å²) in [6.45, 7) is 2.10. The fourth-order valence-corrected chi connectivity index (χ4v) is 3.88. The van der Waals surface area contributed by atoms with Gasteiger partial charge in [-0.1, -0.05) is 31.5 Å². The Balaban J connectivity index is 2.19. The summed E-state index contributed by atoms with van der Waals surface area (Å²) in [7, 11) is -0.682. The number of H-pyrrole nitrogens is 1. The number of Topliss-reactive ketones (excluding diaryl/α,β-unsaturated/α-hetero) is 1. The van der Waals surface area contributed by atoms with Crippen molar-refractivity contribution in [3.63, 3.8) is 0 Å². The molecular formula is C17H24NO4P. The second kappa shape index (κ2) is 7.91. The van der Waals surface area contributed by atoms with Crippen molar-refractivity contribution in [1.82, 2.24) is 4.98 Å². The molecule has 0 spiro atoms. The summed E-state index contributed by atoms with van der Waals surface area (Å²) in [5.41, 5.74) is 2.20. The lowest BCUT2D eigenvalue weighted by atomic mass is 9.90. The van der Waals surface area contributed by atoms with E-state index in [1.165, 1.54) is 14.2 Å². The molecule has 0 saturated carbocycles. The Morgan fingerprint density at radius 1 is 1.26 bits per heavy atom. The number of ketones is 1. The van der Waals surface area contributed by atoms with Crippen molar-refractivity contribution in [3.05, 3.63) is 36.0 Å². The monoisotopic (exact) mass is 337 g/mol. The number of hydrogen-bond donors (Lipinski definition) is 1. The van der Waals surface area contributed by atoms with Crippen LogP contribution in [-0.4, -0.2) is 31.1 Å². The lowest BCUT2D eigenvalue weighted by Crippen LogP contribution is -2.12. The van der Waals surface area contributed by atoms with Crippen LogP contribution in [0.25, 0.3) is 10.9 Å². The third kappa shape index (κ3) is 4.31. The number of aromatic nitrogens is 1.